The Morgan fingerprint density at radius 3 is 2.59 bits per heavy atom. The van der Waals surface area contributed by atoms with Gasteiger partial charge in [-0.3, -0.25) is 14.4 Å². The molecule has 1 saturated carbocycles. The highest BCUT2D eigenvalue weighted by atomic mass is 16.2. The SMILES string of the molecule is Cc1ccccc1[C@H](NC(=O)C(=O)Nc1cccn(C)c1=O)[C@@H]1CCC[C@@H](C)C1. The van der Waals surface area contributed by atoms with Crippen LogP contribution in [-0.2, 0) is 16.6 Å². The van der Waals surface area contributed by atoms with Crippen molar-refractivity contribution < 1.29 is 9.59 Å². The number of nitrogens with one attached hydrogen (secondary N) is 2. The summed E-state index contributed by atoms with van der Waals surface area (Å²) < 4.78 is 1.35. The number of hydrogen-bond donors (Lipinski definition) is 2. The minimum Gasteiger partial charge on any atom is -0.341 e. The third-order valence-electron chi connectivity index (χ3n) is 5.84. The zero-order valence-corrected chi connectivity index (χ0v) is 17.3. The Morgan fingerprint density at radius 2 is 1.86 bits per heavy atom. The standard InChI is InChI=1S/C23H29N3O3/c1-15-8-6-10-17(14-15)20(18-11-5-4-9-16(18)2)25-22(28)21(27)24-19-12-7-13-26(3)23(19)29/h4-5,7,9,11-13,15,17,20H,6,8,10,14H2,1-3H3,(H,24,27)(H,25,28)/t15-,17-,20-/m1/s1. The number of aromatic nitrogens is 1. The van der Waals surface area contributed by atoms with Gasteiger partial charge in [-0.25, -0.2) is 0 Å². The van der Waals surface area contributed by atoms with E-state index in [1.807, 2.05) is 31.2 Å². The van der Waals surface area contributed by atoms with Gasteiger partial charge in [0.2, 0.25) is 0 Å². The van der Waals surface area contributed by atoms with Gasteiger partial charge in [0.05, 0.1) is 6.04 Å². The molecule has 1 heterocycles. The number of carbonyl (C=O) groups excluding carboxylic acids is 2. The van der Waals surface area contributed by atoms with E-state index < -0.39 is 11.8 Å². The minimum atomic E-state index is -0.823. The van der Waals surface area contributed by atoms with E-state index in [0.29, 0.717) is 5.92 Å². The Bertz CT molecular complexity index is 950. The van der Waals surface area contributed by atoms with E-state index in [1.165, 1.54) is 17.1 Å². The van der Waals surface area contributed by atoms with Crippen LogP contribution in [0.1, 0.15) is 49.8 Å². The number of aryl methyl sites for hydroxylation is 2. The minimum absolute atomic E-state index is 0.0916. The van der Waals surface area contributed by atoms with Crippen molar-refractivity contribution >= 4 is 17.5 Å². The lowest BCUT2D eigenvalue weighted by Crippen LogP contribution is -2.42. The second kappa shape index (κ2) is 9.07. The van der Waals surface area contributed by atoms with E-state index in [4.69, 9.17) is 0 Å². The van der Waals surface area contributed by atoms with Crippen molar-refractivity contribution in [2.45, 2.75) is 45.6 Å². The van der Waals surface area contributed by atoms with Crippen LogP contribution in [0.3, 0.4) is 0 Å². The molecule has 0 spiro atoms. The van der Waals surface area contributed by atoms with Gasteiger partial charge in [0.1, 0.15) is 5.69 Å². The Balaban J connectivity index is 1.80. The first-order valence-corrected chi connectivity index (χ1v) is 10.2. The van der Waals surface area contributed by atoms with Gasteiger partial charge >= 0.3 is 11.8 Å². The van der Waals surface area contributed by atoms with Crippen molar-refractivity contribution in [3.63, 3.8) is 0 Å². The Kier molecular flexibility index (Phi) is 6.52. The number of anilines is 1. The molecule has 2 aromatic rings. The highest BCUT2D eigenvalue weighted by Crippen LogP contribution is 2.38. The lowest BCUT2D eigenvalue weighted by Gasteiger charge is -2.34. The zero-order chi connectivity index (χ0) is 21.0. The van der Waals surface area contributed by atoms with E-state index in [-0.39, 0.29) is 23.2 Å². The molecule has 0 aliphatic heterocycles. The molecular weight excluding hydrogens is 366 g/mol. The average Bonchev–Trinajstić information content (AvgIpc) is 2.70. The lowest BCUT2D eigenvalue weighted by molar-refractivity contribution is -0.137. The van der Waals surface area contributed by atoms with Gasteiger partial charge in [0.15, 0.2) is 0 Å². The van der Waals surface area contributed by atoms with Gasteiger partial charge in [-0.1, -0.05) is 44.0 Å². The van der Waals surface area contributed by atoms with Gasteiger partial charge in [-0.15, -0.1) is 0 Å². The molecule has 0 saturated heterocycles. The monoisotopic (exact) mass is 395 g/mol. The molecule has 1 aliphatic rings. The second-order valence-electron chi connectivity index (χ2n) is 8.13. The predicted octanol–water partition coefficient (Wildman–Crippen LogP) is 3.32. The van der Waals surface area contributed by atoms with Crippen molar-refractivity contribution in [1.29, 1.82) is 0 Å². The smallest absolute Gasteiger partial charge is 0.313 e. The molecule has 2 amide bonds. The maximum Gasteiger partial charge on any atom is 0.313 e. The third kappa shape index (κ3) is 4.94. The van der Waals surface area contributed by atoms with Gasteiger partial charge < -0.3 is 15.2 Å². The largest absolute Gasteiger partial charge is 0.341 e. The number of benzene rings is 1. The summed E-state index contributed by atoms with van der Waals surface area (Å²) in [5, 5.41) is 5.41. The topological polar surface area (TPSA) is 80.2 Å². The number of carbonyl (C=O) groups is 2. The molecule has 1 fully saturated rings. The first-order chi connectivity index (χ1) is 13.9. The van der Waals surface area contributed by atoms with Gasteiger partial charge in [-0.2, -0.15) is 0 Å². The van der Waals surface area contributed by atoms with Crippen molar-refractivity contribution in [2.75, 3.05) is 5.32 Å². The van der Waals surface area contributed by atoms with Crippen LogP contribution in [0.4, 0.5) is 5.69 Å². The van der Waals surface area contributed by atoms with Crippen molar-refractivity contribution in [3.05, 3.63) is 64.1 Å². The molecule has 0 bridgehead atoms. The van der Waals surface area contributed by atoms with Crippen LogP contribution in [0.15, 0.2) is 47.4 Å². The molecule has 2 N–H and O–H groups in total. The number of rotatable bonds is 4. The fourth-order valence-corrected chi connectivity index (χ4v) is 4.25. The molecule has 0 unspecified atom stereocenters. The fourth-order valence-electron chi connectivity index (χ4n) is 4.25. The summed E-state index contributed by atoms with van der Waals surface area (Å²) >= 11 is 0. The Labute approximate surface area is 171 Å². The molecule has 1 aromatic heterocycles. The second-order valence-corrected chi connectivity index (χ2v) is 8.13. The molecule has 29 heavy (non-hydrogen) atoms. The Hall–Kier alpha value is -2.89. The summed E-state index contributed by atoms with van der Waals surface area (Å²) in [7, 11) is 1.59. The average molecular weight is 396 g/mol. The van der Waals surface area contributed by atoms with Gasteiger partial charge in [0, 0.05) is 13.2 Å². The van der Waals surface area contributed by atoms with E-state index >= 15 is 0 Å². The summed E-state index contributed by atoms with van der Waals surface area (Å²) in [5.41, 5.74) is 1.87. The number of nitrogens with zero attached hydrogens (tertiary/aromatic N) is 1. The van der Waals surface area contributed by atoms with Crippen LogP contribution in [0, 0.1) is 18.8 Å². The van der Waals surface area contributed by atoms with Crippen LogP contribution >= 0.6 is 0 Å². The van der Waals surface area contributed by atoms with Crippen molar-refractivity contribution in [1.82, 2.24) is 9.88 Å². The number of pyridine rings is 1. The molecule has 154 valence electrons. The highest BCUT2D eigenvalue weighted by molar-refractivity contribution is 6.39. The molecule has 1 aromatic carbocycles. The molecule has 6 heteroatoms. The first-order valence-electron chi connectivity index (χ1n) is 10.2. The highest BCUT2D eigenvalue weighted by Gasteiger charge is 2.31. The number of amides is 2. The molecule has 1 aliphatic carbocycles. The molecule has 6 nitrogen and oxygen atoms in total. The summed E-state index contributed by atoms with van der Waals surface area (Å²) in [4.78, 5) is 37.3. The fraction of sp³-hybridized carbons (Fsp3) is 0.435. The quantitative estimate of drug-likeness (QED) is 0.780. The van der Waals surface area contributed by atoms with Crippen molar-refractivity contribution in [2.24, 2.45) is 18.9 Å². The number of hydrogen-bond acceptors (Lipinski definition) is 3. The third-order valence-corrected chi connectivity index (χ3v) is 5.84. The van der Waals surface area contributed by atoms with Crippen LogP contribution < -0.4 is 16.2 Å². The predicted molar refractivity (Wildman–Crippen MR) is 113 cm³/mol. The first kappa shape index (κ1) is 20.8. The summed E-state index contributed by atoms with van der Waals surface area (Å²) in [6.07, 6.45) is 5.94. The Morgan fingerprint density at radius 1 is 1.10 bits per heavy atom. The van der Waals surface area contributed by atoms with Crippen LogP contribution in [0.5, 0.6) is 0 Å². The lowest BCUT2D eigenvalue weighted by atomic mass is 9.76. The van der Waals surface area contributed by atoms with E-state index in [1.54, 1.807) is 19.3 Å². The summed E-state index contributed by atoms with van der Waals surface area (Å²) in [6.45, 7) is 4.26. The molecular formula is C23H29N3O3. The molecule has 3 rings (SSSR count). The van der Waals surface area contributed by atoms with Crippen LogP contribution in [0.2, 0.25) is 0 Å². The van der Waals surface area contributed by atoms with Crippen molar-refractivity contribution in [3.8, 4) is 0 Å². The molecule has 0 radical (unpaired) electrons. The van der Waals surface area contributed by atoms with Gasteiger partial charge in [-0.05, 0) is 54.9 Å². The normalized spacial score (nSPS) is 20.0. The van der Waals surface area contributed by atoms with Gasteiger partial charge in [0.25, 0.3) is 5.56 Å². The maximum atomic E-state index is 12.7. The van der Waals surface area contributed by atoms with Crippen LogP contribution in [0.25, 0.3) is 0 Å². The summed E-state index contributed by atoms with van der Waals surface area (Å²) in [5.74, 6) is -0.669. The van der Waals surface area contributed by atoms with E-state index in [9.17, 15) is 14.4 Å². The zero-order valence-electron chi connectivity index (χ0n) is 17.3. The molecule has 3 atom stereocenters. The van der Waals surface area contributed by atoms with E-state index in [2.05, 4.69) is 17.6 Å². The summed E-state index contributed by atoms with van der Waals surface area (Å²) in [6, 6.07) is 10.9. The maximum absolute atomic E-state index is 12.7. The van der Waals surface area contributed by atoms with E-state index in [0.717, 1.165) is 30.4 Å². The van der Waals surface area contributed by atoms with Crippen LogP contribution in [-0.4, -0.2) is 16.4 Å².